The SMILES string of the molecule is O=[N+]([O-])c1ccc(N=NCc2ccc(O)c(O)c2)cc1. The predicted octanol–water partition coefficient (Wildman–Crippen LogP) is 3.29. The number of phenolic OH excluding ortho intramolecular Hbond substituents is 2. The first-order valence-corrected chi connectivity index (χ1v) is 5.69. The maximum absolute atomic E-state index is 10.5. The summed E-state index contributed by atoms with van der Waals surface area (Å²) < 4.78 is 0. The molecule has 0 aliphatic heterocycles. The zero-order valence-corrected chi connectivity index (χ0v) is 10.3. The zero-order chi connectivity index (χ0) is 14.5. The summed E-state index contributed by atoms with van der Waals surface area (Å²) in [5.74, 6) is -0.408. The van der Waals surface area contributed by atoms with Crippen LogP contribution in [0.25, 0.3) is 0 Å². The zero-order valence-electron chi connectivity index (χ0n) is 10.3. The molecule has 20 heavy (non-hydrogen) atoms. The van der Waals surface area contributed by atoms with Crippen molar-refractivity contribution in [3.05, 3.63) is 58.1 Å². The number of rotatable bonds is 4. The van der Waals surface area contributed by atoms with Crippen molar-refractivity contribution >= 4 is 11.4 Å². The van der Waals surface area contributed by atoms with Crippen molar-refractivity contribution in [2.45, 2.75) is 6.54 Å². The molecule has 2 aromatic rings. The predicted molar refractivity (Wildman–Crippen MR) is 71.1 cm³/mol. The van der Waals surface area contributed by atoms with E-state index in [2.05, 4.69) is 10.2 Å². The molecule has 7 heteroatoms. The summed E-state index contributed by atoms with van der Waals surface area (Å²) in [7, 11) is 0. The third-order valence-corrected chi connectivity index (χ3v) is 2.54. The number of nitrogens with zero attached hydrogens (tertiary/aromatic N) is 3. The number of benzene rings is 2. The van der Waals surface area contributed by atoms with Crippen LogP contribution in [0.4, 0.5) is 11.4 Å². The summed E-state index contributed by atoms with van der Waals surface area (Å²) in [4.78, 5) is 9.99. The Balaban J connectivity index is 2.02. The number of nitro groups is 1. The van der Waals surface area contributed by atoms with Gasteiger partial charge in [-0.25, -0.2) is 0 Å². The molecule has 0 saturated heterocycles. The molecule has 2 rings (SSSR count). The lowest BCUT2D eigenvalue weighted by molar-refractivity contribution is -0.384. The van der Waals surface area contributed by atoms with Crippen LogP contribution in [-0.4, -0.2) is 15.1 Å². The molecule has 0 heterocycles. The molecule has 0 radical (unpaired) electrons. The minimum Gasteiger partial charge on any atom is -0.504 e. The fourth-order valence-electron chi connectivity index (χ4n) is 1.51. The van der Waals surface area contributed by atoms with Gasteiger partial charge in [-0.05, 0) is 29.8 Å². The smallest absolute Gasteiger partial charge is 0.269 e. The fraction of sp³-hybridized carbons (Fsp3) is 0.0769. The third-order valence-electron chi connectivity index (χ3n) is 2.54. The molecule has 0 aromatic heterocycles. The molecule has 2 aromatic carbocycles. The molecule has 0 amide bonds. The standard InChI is InChI=1S/C13H11N3O4/c17-12-6-1-9(7-13(12)18)8-14-15-10-2-4-11(5-3-10)16(19)20/h1-7,17-18H,8H2. The molecular formula is C13H11N3O4. The second kappa shape index (κ2) is 5.79. The van der Waals surface area contributed by atoms with Gasteiger partial charge in [0.25, 0.3) is 5.69 Å². The van der Waals surface area contributed by atoms with E-state index in [0.29, 0.717) is 11.3 Å². The molecule has 0 bridgehead atoms. The van der Waals surface area contributed by atoms with Crippen LogP contribution in [0.2, 0.25) is 0 Å². The monoisotopic (exact) mass is 273 g/mol. The molecule has 2 N–H and O–H groups in total. The van der Waals surface area contributed by atoms with E-state index < -0.39 is 4.92 Å². The van der Waals surface area contributed by atoms with Crippen molar-refractivity contribution in [3.8, 4) is 11.5 Å². The Bertz CT molecular complexity index is 653. The summed E-state index contributed by atoms with van der Waals surface area (Å²) in [6.07, 6.45) is 0. The molecular weight excluding hydrogens is 262 g/mol. The van der Waals surface area contributed by atoms with Crippen LogP contribution in [0.3, 0.4) is 0 Å². The number of azo groups is 1. The first-order chi connectivity index (χ1) is 9.56. The van der Waals surface area contributed by atoms with Gasteiger partial charge in [0.2, 0.25) is 0 Å². The number of non-ortho nitro benzene ring substituents is 1. The number of hydrogen-bond acceptors (Lipinski definition) is 6. The summed E-state index contributed by atoms with van der Waals surface area (Å²) in [5.41, 5.74) is 1.18. The minimum atomic E-state index is -0.486. The van der Waals surface area contributed by atoms with Gasteiger partial charge in [0.1, 0.15) is 0 Å². The quantitative estimate of drug-likeness (QED) is 0.385. The highest BCUT2D eigenvalue weighted by Gasteiger charge is 2.03. The average Bonchev–Trinajstić information content (AvgIpc) is 2.43. The van der Waals surface area contributed by atoms with Gasteiger partial charge in [0.05, 0.1) is 17.2 Å². The van der Waals surface area contributed by atoms with Crippen LogP contribution in [0.5, 0.6) is 11.5 Å². The number of nitro benzene ring substituents is 1. The Morgan fingerprint density at radius 3 is 2.35 bits per heavy atom. The highest BCUT2D eigenvalue weighted by atomic mass is 16.6. The molecule has 0 aliphatic carbocycles. The molecule has 0 atom stereocenters. The number of aromatic hydroxyl groups is 2. The molecule has 0 fully saturated rings. The van der Waals surface area contributed by atoms with Crippen LogP contribution in [0, 0.1) is 10.1 Å². The normalized spacial score (nSPS) is 10.8. The van der Waals surface area contributed by atoms with Crippen molar-refractivity contribution in [1.82, 2.24) is 0 Å². The molecule has 0 aliphatic rings. The Kier molecular flexibility index (Phi) is 3.90. The van der Waals surface area contributed by atoms with Crippen LogP contribution >= 0.6 is 0 Å². The molecule has 0 spiro atoms. The molecule has 0 saturated carbocycles. The van der Waals surface area contributed by atoms with Crippen LogP contribution < -0.4 is 0 Å². The van der Waals surface area contributed by atoms with E-state index in [9.17, 15) is 15.2 Å². The van der Waals surface area contributed by atoms with Crippen molar-refractivity contribution in [1.29, 1.82) is 0 Å². The van der Waals surface area contributed by atoms with Crippen molar-refractivity contribution < 1.29 is 15.1 Å². The van der Waals surface area contributed by atoms with Crippen LogP contribution in [0.1, 0.15) is 5.56 Å². The van der Waals surface area contributed by atoms with Gasteiger partial charge in [0, 0.05) is 12.1 Å². The summed E-state index contributed by atoms with van der Waals surface area (Å²) in [5, 5.41) is 36.8. The van der Waals surface area contributed by atoms with E-state index in [4.69, 9.17) is 5.11 Å². The van der Waals surface area contributed by atoms with Gasteiger partial charge >= 0.3 is 0 Å². The van der Waals surface area contributed by atoms with Gasteiger partial charge < -0.3 is 10.2 Å². The van der Waals surface area contributed by atoms with E-state index in [1.807, 2.05) is 0 Å². The Morgan fingerprint density at radius 2 is 1.75 bits per heavy atom. The second-order valence-corrected chi connectivity index (χ2v) is 4.00. The highest BCUT2D eigenvalue weighted by molar-refractivity contribution is 5.43. The van der Waals surface area contributed by atoms with E-state index >= 15 is 0 Å². The van der Waals surface area contributed by atoms with Crippen molar-refractivity contribution in [2.24, 2.45) is 10.2 Å². The first kappa shape index (κ1) is 13.5. The lowest BCUT2D eigenvalue weighted by atomic mass is 10.2. The van der Waals surface area contributed by atoms with Gasteiger partial charge in [-0.15, -0.1) is 0 Å². The van der Waals surface area contributed by atoms with Crippen molar-refractivity contribution in [2.75, 3.05) is 0 Å². The van der Waals surface area contributed by atoms with Gasteiger partial charge in [0.15, 0.2) is 11.5 Å². The molecule has 0 unspecified atom stereocenters. The number of hydrogen-bond donors (Lipinski definition) is 2. The van der Waals surface area contributed by atoms with Crippen LogP contribution in [0.15, 0.2) is 52.7 Å². The summed E-state index contributed by atoms with van der Waals surface area (Å²) in [6, 6.07) is 10.1. The Labute approximate surface area is 114 Å². The third kappa shape index (κ3) is 3.29. The first-order valence-electron chi connectivity index (χ1n) is 5.69. The largest absolute Gasteiger partial charge is 0.504 e. The molecule has 102 valence electrons. The maximum atomic E-state index is 10.5. The summed E-state index contributed by atoms with van der Waals surface area (Å²) >= 11 is 0. The second-order valence-electron chi connectivity index (χ2n) is 4.00. The highest BCUT2D eigenvalue weighted by Crippen LogP contribution is 2.25. The molecule has 7 nitrogen and oxygen atoms in total. The van der Waals surface area contributed by atoms with E-state index in [0.717, 1.165) is 0 Å². The van der Waals surface area contributed by atoms with Gasteiger partial charge in [-0.3, -0.25) is 10.1 Å². The average molecular weight is 273 g/mol. The minimum absolute atomic E-state index is 0.00703. The van der Waals surface area contributed by atoms with Gasteiger partial charge in [-0.1, -0.05) is 6.07 Å². The lowest BCUT2D eigenvalue weighted by Gasteiger charge is -1.99. The van der Waals surface area contributed by atoms with Crippen molar-refractivity contribution in [3.63, 3.8) is 0 Å². The van der Waals surface area contributed by atoms with E-state index in [1.165, 1.54) is 36.4 Å². The summed E-state index contributed by atoms with van der Waals surface area (Å²) in [6.45, 7) is 0.227. The Morgan fingerprint density at radius 1 is 1.05 bits per heavy atom. The number of phenols is 2. The topological polar surface area (TPSA) is 108 Å². The van der Waals surface area contributed by atoms with Gasteiger partial charge in [-0.2, -0.15) is 10.2 Å². The van der Waals surface area contributed by atoms with Crippen LogP contribution in [-0.2, 0) is 6.54 Å². The Hall–Kier alpha value is -2.96. The van der Waals surface area contributed by atoms with E-state index in [1.54, 1.807) is 6.07 Å². The van der Waals surface area contributed by atoms with E-state index in [-0.39, 0.29) is 23.7 Å². The fourth-order valence-corrected chi connectivity index (χ4v) is 1.51. The maximum Gasteiger partial charge on any atom is 0.269 e. The lowest BCUT2D eigenvalue weighted by Crippen LogP contribution is -1.85.